The maximum absolute atomic E-state index is 12.7. The number of rotatable bonds is 9. The average Bonchev–Trinajstić information content (AvgIpc) is 3.35. The molecule has 11 nitrogen and oxygen atoms in total. The van der Waals surface area contributed by atoms with Gasteiger partial charge in [-0.2, -0.15) is 0 Å². The number of benzene rings is 2. The molecule has 0 saturated carbocycles. The van der Waals surface area contributed by atoms with Crippen LogP contribution in [0, 0.1) is 5.41 Å². The molecule has 39 heavy (non-hydrogen) atoms. The summed E-state index contributed by atoms with van der Waals surface area (Å²) in [5.74, 6) is -0.237. The SMILES string of the molecule is COC(=O)c1ccc(OCC(=O)N2CCC3(CC2)COC(C(=O)NCCc2ccc(S(N)(=O)=O)cc2)C3)cc1. The molecule has 0 aromatic heterocycles. The Bertz CT molecular complexity index is 1290. The Morgan fingerprint density at radius 1 is 1.08 bits per heavy atom. The van der Waals surface area contributed by atoms with Crippen molar-refractivity contribution in [1.29, 1.82) is 0 Å². The number of hydrogen-bond acceptors (Lipinski definition) is 8. The van der Waals surface area contributed by atoms with E-state index < -0.39 is 22.1 Å². The zero-order chi connectivity index (χ0) is 28.0. The monoisotopic (exact) mass is 559 g/mol. The van der Waals surface area contributed by atoms with Gasteiger partial charge in [0.2, 0.25) is 15.9 Å². The van der Waals surface area contributed by atoms with Gasteiger partial charge < -0.3 is 24.4 Å². The molecule has 2 aromatic rings. The number of hydrogen-bond donors (Lipinski definition) is 2. The Labute approximate surface area is 227 Å². The molecule has 2 saturated heterocycles. The lowest BCUT2D eigenvalue weighted by Gasteiger charge is -2.38. The van der Waals surface area contributed by atoms with Crippen LogP contribution in [-0.2, 0) is 35.5 Å². The van der Waals surface area contributed by atoms with Crippen molar-refractivity contribution in [1.82, 2.24) is 10.2 Å². The molecule has 1 spiro atoms. The van der Waals surface area contributed by atoms with Crippen LogP contribution in [0.3, 0.4) is 0 Å². The Kier molecular flexibility index (Phi) is 8.88. The minimum absolute atomic E-state index is 0.0481. The van der Waals surface area contributed by atoms with Crippen molar-refractivity contribution in [2.24, 2.45) is 10.6 Å². The van der Waals surface area contributed by atoms with Crippen LogP contribution < -0.4 is 15.2 Å². The lowest BCUT2D eigenvalue weighted by Crippen LogP contribution is -2.45. The van der Waals surface area contributed by atoms with Crippen molar-refractivity contribution in [3.05, 3.63) is 59.7 Å². The molecule has 2 aromatic carbocycles. The fourth-order valence-electron chi connectivity index (χ4n) is 4.87. The summed E-state index contributed by atoms with van der Waals surface area (Å²) >= 11 is 0. The molecule has 2 aliphatic heterocycles. The van der Waals surface area contributed by atoms with Gasteiger partial charge in [0.05, 0.1) is 24.2 Å². The molecule has 2 heterocycles. The minimum atomic E-state index is -3.73. The van der Waals surface area contributed by atoms with Crippen molar-refractivity contribution in [3.8, 4) is 5.75 Å². The summed E-state index contributed by atoms with van der Waals surface area (Å²) in [6, 6.07) is 12.6. The quantitative estimate of drug-likeness (QED) is 0.435. The second kappa shape index (κ2) is 12.1. The van der Waals surface area contributed by atoms with E-state index in [4.69, 9.17) is 14.6 Å². The van der Waals surface area contributed by atoms with Gasteiger partial charge in [0.25, 0.3) is 5.91 Å². The van der Waals surface area contributed by atoms with Crippen molar-refractivity contribution in [2.45, 2.75) is 36.7 Å². The smallest absolute Gasteiger partial charge is 0.337 e. The zero-order valence-electron chi connectivity index (χ0n) is 21.8. The molecule has 0 radical (unpaired) electrons. The maximum atomic E-state index is 12.7. The third-order valence-electron chi connectivity index (χ3n) is 7.28. The number of esters is 1. The van der Waals surface area contributed by atoms with Gasteiger partial charge in [-0.3, -0.25) is 9.59 Å². The minimum Gasteiger partial charge on any atom is -0.484 e. The van der Waals surface area contributed by atoms with E-state index in [0.29, 0.717) is 50.4 Å². The highest BCUT2D eigenvalue weighted by Gasteiger charge is 2.45. The van der Waals surface area contributed by atoms with Gasteiger partial charge in [-0.25, -0.2) is 18.4 Å². The first-order valence-electron chi connectivity index (χ1n) is 12.7. The fourth-order valence-corrected chi connectivity index (χ4v) is 5.38. The van der Waals surface area contributed by atoms with Crippen LogP contribution >= 0.6 is 0 Å². The first-order valence-corrected chi connectivity index (χ1v) is 14.2. The van der Waals surface area contributed by atoms with Crippen molar-refractivity contribution >= 4 is 27.8 Å². The number of primary sulfonamides is 1. The highest BCUT2D eigenvalue weighted by molar-refractivity contribution is 7.89. The number of likely N-dealkylation sites (tertiary alicyclic amines) is 1. The lowest BCUT2D eigenvalue weighted by molar-refractivity contribution is -0.135. The normalized spacial score (nSPS) is 18.5. The number of methoxy groups -OCH3 is 1. The molecule has 0 bridgehead atoms. The van der Waals surface area contributed by atoms with Gasteiger partial charge in [0, 0.05) is 25.0 Å². The first kappa shape index (κ1) is 28.5. The van der Waals surface area contributed by atoms with E-state index in [-0.39, 0.29) is 28.7 Å². The number of nitrogens with zero attached hydrogens (tertiary/aromatic N) is 1. The maximum Gasteiger partial charge on any atom is 0.337 e. The van der Waals surface area contributed by atoms with E-state index in [1.807, 2.05) is 0 Å². The number of sulfonamides is 1. The summed E-state index contributed by atoms with van der Waals surface area (Å²) in [7, 11) is -2.42. The van der Waals surface area contributed by atoms with Crippen LogP contribution in [0.4, 0.5) is 0 Å². The summed E-state index contributed by atoms with van der Waals surface area (Å²) in [5.41, 5.74) is 1.15. The molecular weight excluding hydrogens is 526 g/mol. The van der Waals surface area contributed by atoms with Crippen LogP contribution in [0.1, 0.15) is 35.2 Å². The summed E-state index contributed by atoms with van der Waals surface area (Å²) in [6.45, 7) is 1.90. The Morgan fingerprint density at radius 2 is 1.74 bits per heavy atom. The molecule has 4 rings (SSSR count). The van der Waals surface area contributed by atoms with Gasteiger partial charge in [-0.15, -0.1) is 0 Å². The summed E-state index contributed by atoms with van der Waals surface area (Å²) in [4.78, 5) is 38.7. The molecule has 3 N–H and O–H groups in total. The van der Waals surface area contributed by atoms with Crippen LogP contribution in [-0.4, -0.2) is 77.2 Å². The van der Waals surface area contributed by atoms with Gasteiger partial charge in [-0.1, -0.05) is 12.1 Å². The molecule has 2 amide bonds. The van der Waals surface area contributed by atoms with E-state index >= 15 is 0 Å². The second-order valence-corrected chi connectivity index (χ2v) is 11.5. The van der Waals surface area contributed by atoms with Gasteiger partial charge in [0.1, 0.15) is 11.9 Å². The predicted molar refractivity (Wildman–Crippen MR) is 140 cm³/mol. The van der Waals surface area contributed by atoms with E-state index in [9.17, 15) is 22.8 Å². The number of amides is 2. The summed E-state index contributed by atoms with van der Waals surface area (Å²) in [5, 5.41) is 8.01. The van der Waals surface area contributed by atoms with E-state index in [2.05, 4.69) is 10.1 Å². The highest BCUT2D eigenvalue weighted by Crippen LogP contribution is 2.42. The number of piperidine rings is 1. The number of ether oxygens (including phenoxy) is 3. The standard InChI is InChI=1S/C27H33N3O8S/c1-36-26(33)20-4-6-21(7-5-20)37-17-24(31)30-14-11-27(12-15-30)16-23(38-18-27)25(32)29-13-10-19-2-8-22(9-3-19)39(28,34)35/h2-9,23H,10-18H2,1H3,(H,29,32)(H2,28,34,35). The highest BCUT2D eigenvalue weighted by atomic mass is 32.2. The molecule has 12 heteroatoms. The first-order chi connectivity index (χ1) is 18.6. The molecule has 210 valence electrons. The third kappa shape index (κ3) is 7.34. The van der Waals surface area contributed by atoms with Gasteiger partial charge >= 0.3 is 5.97 Å². The van der Waals surface area contributed by atoms with Gasteiger partial charge in [-0.05, 0) is 67.6 Å². The van der Waals surface area contributed by atoms with E-state index in [1.54, 1.807) is 41.3 Å². The molecule has 2 aliphatic rings. The summed E-state index contributed by atoms with van der Waals surface area (Å²) in [6.07, 6.45) is 2.10. The van der Waals surface area contributed by atoms with Crippen LogP contribution in [0.25, 0.3) is 0 Å². The van der Waals surface area contributed by atoms with Crippen molar-refractivity contribution in [2.75, 3.05) is 40.0 Å². The Morgan fingerprint density at radius 3 is 2.36 bits per heavy atom. The van der Waals surface area contributed by atoms with Crippen LogP contribution in [0.15, 0.2) is 53.4 Å². The largest absolute Gasteiger partial charge is 0.484 e. The van der Waals surface area contributed by atoms with Gasteiger partial charge in [0.15, 0.2) is 6.61 Å². The molecule has 1 atom stereocenters. The van der Waals surface area contributed by atoms with E-state index in [1.165, 1.54) is 19.2 Å². The van der Waals surface area contributed by atoms with Crippen LogP contribution in [0.5, 0.6) is 5.75 Å². The lowest BCUT2D eigenvalue weighted by atomic mass is 9.76. The number of nitrogens with one attached hydrogen (secondary N) is 1. The summed E-state index contributed by atoms with van der Waals surface area (Å²) < 4.78 is 38.8. The van der Waals surface area contributed by atoms with Crippen molar-refractivity contribution < 1.29 is 37.0 Å². The second-order valence-electron chi connectivity index (χ2n) is 9.92. The molecule has 1 unspecified atom stereocenters. The Balaban J connectivity index is 1.17. The molecular formula is C27H33N3O8S. The van der Waals surface area contributed by atoms with Crippen LogP contribution in [0.2, 0.25) is 0 Å². The zero-order valence-corrected chi connectivity index (χ0v) is 22.6. The molecule has 0 aliphatic carbocycles. The average molecular weight is 560 g/mol. The number of nitrogens with two attached hydrogens (primary N) is 1. The Hall–Kier alpha value is -3.48. The molecule has 2 fully saturated rings. The fraction of sp³-hybridized carbons (Fsp3) is 0.444. The number of carbonyl (C=O) groups is 3. The predicted octanol–water partition coefficient (Wildman–Crippen LogP) is 1.26. The topological polar surface area (TPSA) is 154 Å². The van der Waals surface area contributed by atoms with Crippen molar-refractivity contribution in [3.63, 3.8) is 0 Å². The third-order valence-corrected chi connectivity index (χ3v) is 8.21. The number of carbonyl (C=O) groups excluding carboxylic acids is 3. The van der Waals surface area contributed by atoms with E-state index in [0.717, 1.165) is 18.4 Å².